The first-order valence-electron chi connectivity index (χ1n) is 6.68. The number of amides is 1. The lowest BCUT2D eigenvalue weighted by molar-refractivity contribution is -0.130. The van der Waals surface area contributed by atoms with E-state index in [9.17, 15) is 9.90 Å². The summed E-state index contributed by atoms with van der Waals surface area (Å²) in [5, 5.41) is 16.0. The molecular formula is C13H24N2O2. The molecule has 1 saturated carbocycles. The van der Waals surface area contributed by atoms with Gasteiger partial charge in [0.25, 0.3) is 0 Å². The average molecular weight is 240 g/mol. The summed E-state index contributed by atoms with van der Waals surface area (Å²) in [6.07, 6.45) is 3.27. The van der Waals surface area contributed by atoms with Crippen molar-refractivity contribution < 1.29 is 9.90 Å². The highest BCUT2D eigenvalue weighted by Gasteiger charge is 2.47. The van der Waals surface area contributed by atoms with E-state index in [1.807, 2.05) is 13.8 Å². The maximum atomic E-state index is 11.9. The molecule has 2 rings (SSSR count). The Morgan fingerprint density at radius 1 is 1.41 bits per heavy atom. The summed E-state index contributed by atoms with van der Waals surface area (Å²) in [6, 6.07) is 0.145. The minimum atomic E-state index is -0.272. The van der Waals surface area contributed by atoms with Gasteiger partial charge in [0.2, 0.25) is 5.91 Å². The molecule has 2 fully saturated rings. The summed E-state index contributed by atoms with van der Waals surface area (Å²) in [6.45, 7) is 6.09. The molecule has 2 unspecified atom stereocenters. The highest BCUT2D eigenvalue weighted by molar-refractivity contribution is 5.76. The molecule has 0 spiro atoms. The van der Waals surface area contributed by atoms with Crippen LogP contribution in [0.3, 0.4) is 0 Å². The third-order valence-electron chi connectivity index (χ3n) is 4.48. The molecule has 0 aromatic heterocycles. The van der Waals surface area contributed by atoms with Gasteiger partial charge in [-0.25, -0.2) is 0 Å². The molecule has 1 heterocycles. The van der Waals surface area contributed by atoms with Gasteiger partial charge in [0.05, 0.1) is 6.10 Å². The SMILES string of the molecule is CC1(C)C(O)CC1NC(=O)CC1CCNCC1. The maximum absolute atomic E-state index is 11.9. The quantitative estimate of drug-likeness (QED) is 0.679. The van der Waals surface area contributed by atoms with E-state index >= 15 is 0 Å². The van der Waals surface area contributed by atoms with Gasteiger partial charge in [-0.2, -0.15) is 0 Å². The van der Waals surface area contributed by atoms with Crippen molar-refractivity contribution in [3.05, 3.63) is 0 Å². The first-order chi connectivity index (χ1) is 8.00. The number of carbonyl (C=O) groups is 1. The van der Waals surface area contributed by atoms with Crippen molar-refractivity contribution in [2.45, 2.75) is 51.7 Å². The number of rotatable bonds is 3. The van der Waals surface area contributed by atoms with Crippen molar-refractivity contribution in [3.63, 3.8) is 0 Å². The minimum absolute atomic E-state index is 0.145. The highest BCUT2D eigenvalue weighted by Crippen LogP contribution is 2.40. The van der Waals surface area contributed by atoms with E-state index in [1.165, 1.54) is 0 Å². The van der Waals surface area contributed by atoms with Crippen molar-refractivity contribution in [2.24, 2.45) is 11.3 Å². The fraction of sp³-hybridized carbons (Fsp3) is 0.923. The predicted octanol–water partition coefficient (Wildman–Crippen LogP) is 0.652. The molecule has 4 heteroatoms. The lowest BCUT2D eigenvalue weighted by Gasteiger charge is -2.49. The van der Waals surface area contributed by atoms with Gasteiger partial charge in [-0.05, 0) is 38.3 Å². The first-order valence-corrected chi connectivity index (χ1v) is 6.68. The Labute approximate surface area is 103 Å². The Balaban J connectivity index is 1.74. The Bertz CT molecular complexity index is 285. The summed E-state index contributed by atoms with van der Waals surface area (Å²) >= 11 is 0. The third-order valence-corrected chi connectivity index (χ3v) is 4.48. The number of aliphatic hydroxyl groups is 1. The average Bonchev–Trinajstić information content (AvgIpc) is 2.30. The molecule has 0 radical (unpaired) electrons. The van der Waals surface area contributed by atoms with Crippen LogP contribution in [0.5, 0.6) is 0 Å². The molecule has 4 nitrogen and oxygen atoms in total. The second kappa shape index (κ2) is 4.94. The summed E-state index contributed by atoms with van der Waals surface area (Å²) in [5.41, 5.74) is -0.163. The number of nitrogens with one attached hydrogen (secondary N) is 2. The molecule has 98 valence electrons. The fourth-order valence-corrected chi connectivity index (χ4v) is 2.75. The first kappa shape index (κ1) is 12.8. The number of piperidine rings is 1. The molecule has 0 bridgehead atoms. The van der Waals surface area contributed by atoms with Crippen LogP contribution >= 0.6 is 0 Å². The normalized spacial score (nSPS) is 32.9. The fourth-order valence-electron chi connectivity index (χ4n) is 2.75. The van der Waals surface area contributed by atoms with Crippen molar-refractivity contribution in [1.82, 2.24) is 10.6 Å². The Hall–Kier alpha value is -0.610. The molecule has 2 atom stereocenters. The molecular weight excluding hydrogens is 216 g/mol. The molecule has 1 amide bonds. The minimum Gasteiger partial charge on any atom is -0.392 e. The Kier molecular flexibility index (Phi) is 3.73. The molecule has 3 N–H and O–H groups in total. The third kappa shape index (κ3) is 2.80. The van der Waals surface area contributed by atoms with Gasteiger partial charge in [0.15, 0.2) is 0 Å². The van der Waals surface area contributed by atoms with Crippen LogP contribution in [0.15, 0.2) is 0 Å². The van der Waals surface area contributed by atoms with Gasteiger partial charge in [-0.1, -0.05) is 13.8 Å². The smallest absolute Gasteiger partial charge is 0.220 e. The summed E-state index contributed by atoms with van der Waals surface area (Å²) in [5.74, 6) is 0.686. The molecule has 1 aliphatic heterocycles. The van der Waals surface area contributed by atoms with Crippen LogP contribution in [-0.4, -0.2) is 36.2 Å². The van der Waals surface area contributed by atoms with E-state index in [0.717, 1.165) is 25.9 Å². The van der Waals surface area contributed by atoms with Crippen LogP contribution in [0.4, 0.5) is 0 Å². The van der Waals surface area contributed by atoms with Crippen molar-refractivity contribution >= 4 is 5.91 Å². The van der Waals surface area contributed by atoms with Crippen molar-refractivity contribution in [3.8, 4) is 0 Å². The van der Waals surface area contributed by atoms with E-state index in [0.29, 0.717) is 18.8 Å². The van der Waals surface area contributed by atoms with Crippen LogP contribution in [0.25, 0.3) is 0 Å². The van der Waals surface area contributed by atoms with E-state index in [2.05, 4.69) is 10.6 Å². The number of aliphatic hydroxyl groups excluding tert-OH is 1. The van der Waals surface area contributed by atoms with E-state index in [1.54, 1.807) is 0 Å². The molecule has 2 aliphatic rings. The molecule has 1 aliphatic carbocycles. The molecule has 0 aromatic rings. The summed E-state index contributed by atoms with van der Waals surface area (Å²) in [4.78, 5) is 11.9. The Morgan fingerprint density at radius 3 is 2.59 bits per heavy atom. The zero-order valence-corrected chi connectivity index (χ0v) is 10.8. The van der Waals surface area contributed by atoms with Gasteiger partial charge in [0.1, 0.15) is 0 Å². The van der Waals surface area contributed by atoms with Crippen LogP contribution < -0.4 is 10.6 Å². The predicted molar refractivity (Wildman–Crippen MR) is 66.5 cm³/mol. The second-order valence-corrected chi connectivity index (χ2v) is 6.09. The second-order valence-electron chi connectivity index (χ2n) is 6.09. The zero-order valence-electron chi connectivity index (χ0n) is 10.8. The largest absolute Gasteiger partial charge is 0.392 e. The Morgan fingerprint density at radius 2 is 2.06 bits per heavy atom. The maximum Gasteiger partial charge on any atom is 0.220 e. The molecule has 1 saturated heterocycles. The highest BCUT2D eigenvalue weighted by atomic mass is 16.3. The van der Waals surface area contributed by atoms with E-state index in [-0.39, 0.29) is 23.5 Å². The number of hydrogen-bond donors (Lipinski definition) is 3. The standard InChI is InChI=1S/C13H24N2O2/c1-13(2)10(8-11(13)16)15-12(17)7-9-3-5-14-6-4-9/h9-11,14,16H,3-8H2,1-2H3,(H,15,17). The van der Waals surface area contributed by atoms with Crippen LogP contribution in [0, 0.1) is 11.3 Å². The number of carbonyl (C=O) groups excluding carboxylic acids is 1. The monoisotopic (exact) mass is 240 g/mol. The lowest BCUT2D eigenvalue weighted by Crippen LogP contribution is -2.61. The zero-order chi connectivity index (χ0) is 12.5. The topological polar surface area (TPSA) is 61.4 Å². The van der Waals surface area contributed by atoms with Crippen molar-refractivity contribution in [2.75, 3.05) is 13.1 Å². The van der Waals surface area contributed by atoms with Crippen LogP contribution in [0.1, 0.15) is 39.5 Å². The molecule has 0 aromatic carbocycles. The van der Waals surface area contributed by atoms with Gasteiger partial charge < -0.3 is 15.7 Å². The van der Waals surface area contributed by atoms with Gasteiger partial charge in [0, 0.05) is 17.9 Å². The van der Waals surface area contributed by atoms with E-state index < -0.39 is 0 Å². The van der Waals surface area contributed by atoms with Gasteiger partial charge in [-0.15, -0.1) is 0 Å². The number of hydrogen-bond acceptors (Lipinski definition) is 3. The van der Waals surface area contributed by atoms with Gasteiger partial charge >= 0.3 is 0 Å². The van der Waals surface area contributed by atoms with Crippen LogP contribution in [0.2, 0.25) is 0 Å². The lowest BCUT2D eigenvalue weighted by atomic mass is 9.64. The van der Waals surface area contributed by atoms with E-state index in [4.69, 9.17) is 0 Å². The van der Waals surface area contributed by atoms with Crippen molar-refractivity contribution in [1.29, 1.82) is 0 Å². The summed E-state index contributed by atoms with van der Waals surface area (Å²) in [7, 11) is 0. The molecule has 17 heavy (non-hydrogen) atoms. The van der Waals surface area contributed by atoms with Crippen LogP contribution in [-0.2, 0) is 4.79 Å². The summed E-state index contributed by atoms with van der Waals surface area (Å²) < 4.78 is 0. The van der Waals surface area contributed by atoms with Gasteiger partial charge in [-0.3, -0.25) is 4.79 Å².